The maximum Gasteiger partial charge on any atom is 0.304 e. The molecular formula is C10H15N3O2S. The van der Waals surface area contributed by atoms with Crippen molar-refractivity contribution in [2.45, 2.75) is 13.5 Å². The molecule has 1 fully saturated rings. The van der Waals surface area contributed by atoms with Gasteiger partial charge in [0.2, 0.25) is 5.91 Å². The summed E-state index contributed by atoms with van der Waals surface area (Å²) in [7, 11) is 0. The summed E-state index contributed by atoms with van der Waals surface area (Å²) in [6.45, 7) is 4.11. The Morgan fingerprint density at radius 2 is 2.44 bits per heavy atom. The van der Waals surface area contributed by atoms with E-state index >= 15 is 0 Å². The lowest BCUT2D eigenvalue weighted by Crippen LogP contribution is -2.34. The minimum atomic E-state index is -0.0832. The Kier molecular flexibility index (Phi) is 3.40. The van der Waals surface area contributed by atoms with Gasteiger partial charge < -0.3 is 15.6 Å². The topological polar surface area (TPSA) is 74.0 Å². The van der Waals surface area contributed by atoms with Crippen molar-refractivity contribution in [1.29, 1.82) is 0 Å². The van der Waals surface area contributed by atoms with Gasteiger partial charge in [-0.3, -0.25) is 9.59 Å². The molecular weight excluding hydrogens is 226 g/mol. The first-order valence-corrected chi connectivity index (χ1v) is 6.20. The van der Waals surface area contributed by atoms with Crippen molar-refractivity contribution < 1.29 is 4.79 Å². The van der Waals surface area contributed by atoms with Crippen molar-refractivity contribution >= 4 is 17.2 Å². The molecule has 3 N–H and O–H groups in total. The summed E-state index contributed by atoms with van der Waals surface area (Å²) in [5, 5.41) is 7.77. The minimum absolute atomic E-state index is 0.0466. The summed E-state index contributed by atoms with van der Waals surface area (Å²) in [6.07, 6.45) is 0. The normalized spacial score (nSPS) is 24.6. The van der Waals surface area contributed by atoms with Gasteiger partial charge in [-0.1, -0.05) is 18.3 Å². The summed E-state index contributed by atoms with van der Waals surface area (Å²) < 4.78 is 0. The lowest BCUT2D eigenvalue weighted by Gasteiger charge is -2.13. The van der Waals surface area contributed by atoms with Gasteiger partial charge in [-0.15, -0.1) is 0 Å². The Balaban J connectivity index is 1.86. The summed E-state index contributed by atoms with van der Waals surface area (Å²) in [6, 6.07) is 0. The number of carbonyl (C=O) groups excluding carboxylic acids is 1. The molecule has 2 atom stereocenters. The molecule has 2 heterocycles. The Labute approximate surface area is 97.3 Å². The molecule has 6 heteroatoms. The number of carbonyl (C=O) groups is 1. The largest absolute Gasteiger partial charge is 0.350 e. The van der Waals surface area contributed by atoms with Crippen molar-refractivity contribution in [3.05, 3.63) is 20.7 Å². The van der Waals surface area contributed by atoms with Crippen molar-refractivity contribution in [3.8, 4) is 0 Å². The van der Waals surface area contributed by atoms with Gasteiger partial charge in [0.05, 0.1) is 12.5 Å². The molecule has 2 rings (SSSR count). The molecule has 1 aromatic rings. The molecule has 88 valence electrons. The van der Waals surface area contributed by atoms with Gasteiger partial charge in [0.25, 0.3) is 0 Å². The molecule has 1 aliphatic rings. The predicted molar refractivity (Wildman–Crippen MR) is 62.3 cm³/mol. The van der Waals surface area contributed by atoms with E-state index in [4.69, 9.17) is 0 Å². The van der Waals surface area contributed by atoms with E-state index in [9.17, 15) is 9.59 Å². The predicted octanol–water partition coefficient (Wildman–Crippen LogP) is -0.0919. The Bertz CT molecular complexity index is 426. The van der Waals surface area contributed by atoms with E-state index in [1.54, 1.807) is 5.38 Å². The number of H-pyrrole nitrogens is 1. The molecule has 16 heavy (non-hydrogen) atoms. The van der Waals surface area contributed by atoms with Crippen molar-refractivity contribution in [2.24, 2.45) is 11.8 Å². The monoisotopic (exact) mass is 241 g/mol. The van der Waals surface area contributed by atoms with Crippen LogP contribution < -0.4 is 15.5 Å². The maximum absolute atomic E-state index is 11.8. The Morgan fingerprint density at radius 3 is 3.00 bits per heavy atom. The number of thiazole rings is 1. The Morgan fingerprint density at radius 1 is 1.62 bits per heavy atom. The van der Waals surface area contributed by atoms with Crippen LogP contribution in [-0.4, -0.2) is 24.0 Å². The van der Waals surface area contributed by atoms with E-state index in [0.29, 0.717) is 12.5 Å². The highest BCUT2D eigenvalue weighted by molar-refractivity contribution is 7.07. The van der Waals surface area contributed by atoms with Gasteiger partial charge in [0.1, 0.15) is 0 Å². The quantitative estimate of drug-likeness (QED) is 0.692. The van der Waals surface area contributed by atoms with Crippen LogP contribution in [0.3, 0.4) is 0 Å². The van der Waals surface area contributed by atoms with Crippen LogP contribution in [-0.2, 0) is 11.3 Å². The summed E-state index contributed by atoms with van der Waals surface area (Å²) in [4.78, 5) is 25.3. The Hall–Kier alpha value is -1.14. The highest BCUT2D eigenvalue weighted by atomic mass is 32.1. The molecule has 0 radical (unpaired) electrons. The van der Waals surface area contributed by atoms with E-state index in [-0.39, 0.29) is 16.7 Å². The first-order chi connectivity index (χ1) is 7.66. The van der Waals surface area contributed by atoms with Crippen molar-refractivity contribution in [3.63, 3.8) is 0 Å². The third kappa shape index (κ3) is 2.51. The summed E-state index contributed by atoms with van der Waals surface area (Å²) >= 11 is 1.11. The smallest absolute Gasteiger partial charge is 0.304 e. The average Bonchev–Trinajstić information content (AvgIpc) is 2.84. The second-order valence-electron chi connectivity index (χ2n) is 4.13. The zero-order valence-corrected chi connectivity index (χ0v) is 9.89. The highest BCUT2D eigenvalue weighted by Crippen LogP contribution is 2.15. The van der Waals surface area contributed by atoms with E-state index in [1.807, 2.05) is 0 Å². The molecule has 0 bridgehead atoms. The van der Waals surface area contributed by atoms with Crippen LogP contribution in [0.1, 0.15) is 12.6 Å². The number of hydrogen-bond acceptors (Lipinski definition) is 4. The average molecular weight is 241 g/mol. The van der Waals surface area contributed by atoms with Gasteiger partial charge in [-0.2, -0.15) is 0 Å². The van der Waals surface area contributed by atoms with Crippen LogP contribution in [0.4, 0.5) is 0 Å². The number of nitrogens with one attached hydrogen (secondary N) is 3. The summed E-state index contributed by atoms with van der Waals surface area (Å²) in [5.74, 6) is 0.483. The molecule has 0 aliphatic carbocycles. The van der Waals surface area contributed by atoms with Crippen molar-refractivity contribution in [2.75, 3.05) is 13.1 Å². The van der Waals surface area contributed by atoms with Crippen LogP contribution >= 0.6 is 11.3 Å². The maximum atomic E-state index is 11.8. The second kappa shape index (κ2) is 4.80. The van der Waals surface area contributed by atoms with Crippen LogP contribution in [0.25, 0.3) is 0 Å². The zero-order chi connectivity index (χ0) is 11.5. The van der Waals surface area contributed by atoms with Crippen LogP contribution in [0, 0.1) is 11.8 Å². The van der Waals surface area contributed by atoms with Crippen LogP contribution in [0.15, 0.2) is 10.2 Å². The SMILES string of the molecule is CC1CNCC1C(=O)NCc1csc(=O)[nH]1. The van der Waals surface area contributed by atoms with Crippen molar-refractivity contribution in [1.82, 2.24) is 15.6 Å². The third-order valence-electron chi connectivity index (χ3n) is 2.88. The molecule has 1 amide bonds. The number of aromatic amines is 1. The van der Waals surface area contributed by atoms with Crippen LogP contribution in [0.2, 0.25) is 0 Å². The van der Waals surface area contributed by atoms with Crippen LogP contribution in [0.5, 0.6) is 0 Å². The molecule has 0 saturated carbocycles. The molecule has 1 aromatic heterocycles. The third-order valence-corrected chi connectivity index (χ3v) is 3.60. The lowest BCUT2D eigenvalue weighted by atomic mass is 9.97. The van der Waals surface area contributed by atoms with E-state index < -0.39 is 0 Å². The first kappa shape index (κ1) is 11.3. The first-order valence-electron chi connectivity index (χ1n) is 5.32. The standard InChI is InChI=1S/C10H15N3O2S/c1-6-2-11-4-8(6)9(14)12-3-7-5-16-10(15)13-7/h5-6,8,11H,2-4H2,1H3,(H,12,14)(H,13,15). The van der Waals surface area contributed by atoms with Gasteiger partial charge in [-0.25, -0.2) is 0 Å². The molecule has 2 unspecified atom stereocenters. The van der Waals surface area contributed by atoms with Gasteiger partial charge in [-0.05, 0) is 12.5 Å². The lowest BCUT2D eigenvalue weighted by molar-refractivity contribution is -0.125. The fraction of sp³-hybridized carbons (Fsp3) is 0.600. The zero-order valence-electron chi connectivity index (χ0n) is 9.08. The van der Waals surface area contributed by atoms with Gasteiger partial charge in [0, 0.05) is 17.6 Å². The number of rotatable bonds is 3. The second-order valence-corrected chi connectivity index (χ2v) is 4.98. The van der Waals surface area contributed by atoms with E-state index in [0.717, 1.165) is 30.1 Å². The van der Waals surface area contributed by atoms with E-state index in [2.05, 4.69) is 22.5 Å². The molecule has 0 aromatic carbocycles. The molecule has 1 aliphatic heterocycles. The van der Waals surface area contributed by atoms with Gasteiger partial charge >= 0.3 is 4.87 Å². The number of aromatic nitrogens is 1. The van der Waals surface area contributed by atoms with E-state index in [1.165, 1.54) is 0 Å². The highest BCUT2D eigenvalue weighted by Gasteiger charge is 2.29. The summed E-state index contributed by atoms with van der Waals surface area (Å²) in [5.41, 5.74) is 0.766. The fourth-order valence-corrected chi connectivity index (χ4v) is 2.46. The number of hydrogen-bond donors (Lipinski definition) is 3. The molecule has 0 spiro atoms. The molecule has 1 saturated heterocycles. The number of amides is 1. The van der Waals surface area contributed by atoms with Gasteiger partial charge in [0.15, 0.2) is 0 Å². The fourth-order valence-electron chi connectivity index (χ4n) is 1.88. The minimum Gasteiger partial charge on any atom is -0.350 e. The molecule has 5 nitrogen and oxygen atoms in total.